The van der Waals surface area contributed by atoms with E-state index in [9.17, 15) is 25.2 Å². The van der Waals surface area contributed by atoms with Gasteiger partial charge in [0, 0.05) is 6.54 Å². The third kappa shape index (κ3) is 16.7. The van der Waals surface area contributed by atoms with Crippen LogP contribution in [-0.2, 0) is 4.79 Å². The number of aliphatic hydroxyl groups is 5. The Bertz CT molecular complexity index is 463. The molecular formula is C23H51N5O6. The number of rotatable bonds is 24. The lowest BCUT2D eigenvalue weighted by Crippen LogP contribution is -2.51. The maximum Gasteiger partial charge on any atom is 0.251 e. The Balaban J connectivity index is 4.07. The second kappa shape index (κ2) is 22.6. The summed E-state index contributed by atoms with van der Waals surface area (Å²) in [4.78, 5) is 11.9. The van der Waals surface area contributed by atoms with Crippen LogP contribution < -0.4 is 27.4 Å². The van der Waals surface area contributed by atoms with Crippen molar-refractivity contribution in [3.63, 3.8) is 0 Å². The molecule has 0 heterocycles. The molecule has 1 amide bonds. The number of unbranched alkanes of at least 4 members (excludes halogenated alkanes) is 5. The van der Waals surface area contributed by atoms with E-state index < -0.39 is 36.9 Å². The number of carbonyl (C=O) groups excluding carboxylic acids is 1. The molecule has 12 N–H and O–H groups in total. The molecule has 0 saturated heterocycles. The van der Waals surface area contributed by atoms with Crippen LogP contribution in [0.3, 0.4) is 0 Å². The molecule has 34 heavy (non-hydrogen) atoms. The highest BCUT2D eigenvalue weighted by atomic mass is 16.4. The molecule has 0 rings (SSSR count). The van der Waals surface area contributed by atoms with Crippen LogP contribution in [0.15, 0.2) is 0 Å². The summed E-state index contributed by atoms with van der Waals surface area (Å²) in [5, 5.41) is 56.8. The van der Waals surface area contributed by atoms with Crippen LogP contribution in [0.1, 0.15) is 57.8 Å². The zero-order valence-corrected chi connectivity index (χ0v) is 20.7. The van der Waals surface area contributed by atoms with Gasteiger partial charge in [-0.15, -0.1) is 0 Å². The summed E-state index contributed by atoms with van der Waals surface area (Å²) in [6.07, 6.45) is 1.90. The van der Waals surface area contributed by atoms with Crippen LogP contribution in [0.5, 0.6) is 0 Å². The second-order valence-corrected chi connectivity index (χ2v) is 8.94. The molecule has 4 atom stereocenters. The maximum atomic E-state index is 11.9. The van der Waals surface area contributed by atoms with Crippen molar-refractivity contribution in [3.05, 3.63) is 0 Å². The van der Waals surface area contributed by atoms with Crippen molar-refractivity contribution in [1.82, 2.24) is 16.0 Å². The van der Waals surface area contributed by atoms with E-state index in [4.69, 9.17) is 16.6 Å². The van der Waals surface area contributed by atoms with E-state index in [2.05, 4.69) is 16.0 Å². The molecule has 0 spiro atoms. The van der Waals surface area contributed by atoms with E-state index >= 15 is 0 Å². The maximum absolute atomic E-state index is 11.9. The Morgan fingerprint density at radius 1 is 0.706 bits per heavy atom. The molecule has 0 aromatic carbocycles. The number of carbonyl (C=O) groups is 1. The SMILES string of the molecule is NCCCCNCC(CCCCCCNC(=O)[C@H](O)[C@@H](O)[C@H](O)[C@H](O)CO)CNCCCCN. The average molecular weight is 494 g/mol. The Morgan fingerprint density at radius 2 is 1.24 bits per heavy atom. The van der Waals surface area contributed by atoms with Gasteiger partial charge in [0.1, 0.15) is 18.3 Å². The minimum absolute atomic E-state index is 0.343. The zero-order chi connectivity index (χ0) is 25.6. The van der Waals surface area contributed by atoms with Gasteiger partial charge in [-0.25, -0.2) is 0 Å². The number of nitrogens with one attached hydrogen (secondary N) is 3. The summed E-state index contributed by atoms with van der Waals surface area (Å²) in [5.74, 6) is -0.272. The van der Waals surface area contributed by atoms with Crippen LogP contribution in [0.25, 0.3) is 0 Å². The molecule has 11 nitrogen and oxygen atoms in total. The molecule has 11 heteroatoms. The first-order valence-electron chi connectivity index (χ1n) is 12.8. The fraction of sp³-hybridized carbons (Fsp3) is 0.957. The summed E-state index contributed by atoms with van der Waals surface area (Å²) in [7, 11) is 0. The quantitative estimate of drug-likeness (QED) is 0.0654. The van der Waals surface area contributed by atoms with Crippen molar-refractivity contribution in [3.8, 4) is 0 Å². The highest BCUT2D eigenvalue weighted by Crippen LogP contribution is 2.11. The Labute approximate surface area is 204 Å². The van der Waals surface area contributed by atoms with Gasteiger partial charge >= 0.3 is 0 Å². The molecule has 0 bridgehead atoms. The lowest BCUT2D eigenvalue weighted by atomic mass is 10.00. The highest BCUT2D eigenvalue weighted by Gasteiger charge is 2.33. The van der Waals surface area contributed by atoms with Crippen LogP contribution in [0.2, 0.25) is 0 Å². The molecule has 0 fully saturated rings. The van der Waals surface area contributed by atoms with Crippen molar-refractivity contribution in [1.29, 1.82) is 0 Å². The van der Waals surface area contributed by atoms with Crippen LogP contribution >= 0.6 is 0 Å². The Kier molecular flexibility index (Phi) is 22.0. The summed E-state index contributed by atoms with van der Waals surface area (Å²) in [6, 6.07) is 0. The Morgan fingerprint density at radius 3 is 1.76 bits per heavy atom. The molecule has 0 aliphatic heterocycles. The molecule has 0 saturated carbocycles. The first kappa shape index (κ1) is 33.1. The Hall–Kier alpha value is -0.890. The van der Waals surface area contributed by atoms with Crippen molar-refractivity contribution < 1.29 is 30.3 Å². The van der Waals surface area contributed by atoms with Gasteiger partial charge in [0.05, 0.1) is 6.61 Å². The first-order chi connectivity index (χ1) is 16.4. The van der Waals surface area contributed by atoms with Crippen molar-refractivity contribution in [2.24, 2.45) is 17.4 Å². The molecule has 204 valence electrons. The highest BCUT2D eigenvalue weighted by molar-refractivity contribution is 5.81. The molecule has 0 unspecified atom stereocenters. The smallest absolute Gasteiger partial charge is 0.251 e. The lowest BCUT2D eigenvalue weighted by molar-refractivity contribution is -0.148. The monoisotopic (exact) mass is 493 g/mol. The van der Waals surface area contributed by atoms with Gasteiger partial charge in [-0.05, 0) is 83.7 Å². The van der Waals surface area contributed by atoms with E-state index in [0.717, 1.165) is 97.1 Å². The molecule has 0 aliphatic rings. The predicted octanol–water partition coefficient (Wildman–Crippen LogP) is -2.24. The van der Waals surface area contributed by atoms with Crippen molar-refractivity contribution in [2.45, 2.75) is 82.2 Å². The largest absolute Gasteiger partial charge is 0.394 e. The summed E-state index contributed by atoms with van der Waals surface area (Å²) >= 11 is 0. The third-order valence-corrected chi connectivity index (χ3v) is 5.84. The summed E-state index contributed by atoms with van der Waals surface area (Å²) in [5.41, 5.74) is 11.1. The number of hydrogen-bond acceptors (Lipinski definition) is 10. The zero-order valence-electron chi connectivity index (χ0n) is 20.7. The van der Waals surface area contributed by atoms with Crippen molar-refractivity contribution in [2.75, 3.05) is 52.4 Å². The number of aliphatic hydroxyl groups excluding tert-OH is 5. The summed E-state index contributed by atoms with van der Waals surface area (Å²) in [6.45, 7) is 4.92. The topological polar surface area (TPSA) is 206 Å². The van der Waals surface area contributed by atoms with E-state index in [1.54, 1.807) is 0 Å². The van der Waals surface area contributed by atoms with Crippen LogP contribution in [-0.4, -0.2) is 108 Å². The van der Waals surface area contributed by atoms with E-state index in [-0.39, 0.29) is 0 Å². The lowest BCUT2D eigenvalue weighted by Gasteiger charge is -2.24. The molecular weight excluding hydrogens is 442 g/mol. The predicted molar refractivity (Wildman–Crippen MR) is 133 cm³/mol. The van der Waals surface area contributed by atoms with Gasteiger partial charge in [0.15, 0.2) is 6.10 Å². The number of hydrogen-bond donors (Lipinski definition) is 10. The fourth-order valence-corrected chi connectivity index (χ4v) is 3.58. The van der Waals surface area contributed by atoms with Gasteiger partial charge in [-0.2, -0.15) is 0 Å². The van der Waals surface area contributed by atoms with Gasteiger partial charge in [-0.1, -0.05) is 19.3 Å². The second-order valence-electron chi connectivity index (χ2n) is 8.94. The minimum atomic E-state index is -1.88. The normalized spacial score (nSPS) is 15.3. The fourth-order valence-electron chi connectivity index (χ4n) is 3.58. The van der Waals surface area contributed by atoms with Gasteiger partial charge in [0.25, 0.3) is 5.91 Å². The van der Waals surface area contributed by atoms with Gasteiger partial charge in [0.2, 0.25) is 0 Å². The number of amides is 1. The molecule has 0 aliphatic carbocycles. The van der Waals surface area contributed by atoms with Crippen molar-refractivity contribution >= 4 is 5.91 Å². The first-order valence-corrected chi connectivity index (χ1v) is 12.8. The van der Waals surface area contributed by atoms with E-state index in [1.165, 1.54) is 0 Å². The van der Waals surface area contributed by atoms with E-state index in [1.807, 2.05) is 0 Å². The average Bonchev–Trinajstić information content (AvgIpc) is 2.85. The molecule has 0 aromatic heterocycles. The third-order valence-electron chi connectivity index (χ3n) is 5.84. The standard InChI is InChI=1S/C23H51N5O6/c24-10-4-7-12-26-15-18(16-27-13-8-5-11-25)9-3-1-2-6-14-28-23(34)22(33)21(32)20(31)19(30)17-29/h18-22,26-27,29-33H,1-17,24-25H2,(H,28,34)/t19-,20-,21+,22-/m1/s1. The summed E-state index contributed by atoms with van der Waals surface area (Å²) < 4.78 is 0. The van der Waals surface area contributed by atoms with Crippen LogP contribution in [0, 0.1) is 5.92 Å². The van der Waals surface area contributed by atoms with Gasteiger partial charge < -0.3 is 53.0 Å². The van der Waals surface area contributed by atoms with E-state index in [0.29, 0.717) is 12.5 Å². The minimum Gasteiger partial charge on any atom is -0.394 e. The van der Waals surface area contributed by atoms with Gasteiger partial charge in [-0.3, -0.25) is 4.79 Å². The molecule has 0 aromatic rings. The number of nitrogens with two attached hydrogens (primary N) is 2. The molecule has 0 radical (unpaired) electrons. The van der Waals surface area contributed by atoms with Crippen LogP contribution in [0.4, 0.5) is 0 Å².